The highest BCUT2D eigenvalue weighted by Crippen LogP contribution is 2.33. The molecule has 1 saturated heterocycles. The highest BCUT2D eigenvalue weighted by molar-refractivity contribution is 9.10. The van der Waals surface area contributed by atoms with Crippen molar-refractivity contribution in [2.24, 2.45) is 0 Å². The van der Waals surface area contributed by atoms with Gasteiger partial charge < -0.3 is 24.8 Å². The molecule has 21 heavy (non-hydrogen) atoms. The Morgan fingerprint density at radius 3 is 2.62 bits per heavy atom. The van der Waals surface area contributed by atoms with Gasteiger partial charge in [-0.2, -0.15) is 0 Å². The number of aliphatic hydroxyl groups excluding tert-OH is 3. The fourth-order valence-electron chi connectivity index (χ4n) is 2.25. The molecular formula is C14H17BrO6. The van der Waals surface area contributed by atoms with Gasteiger partial charge >= 0.3 is 5.97 Å². The number of ether oxygens (including phenoxy) is 2. The third-order valence-electron chi connectivity index (χ3n) is 3.34. The number of hydrogen-bond donors (Lipinski definition) is 3. The van der Waals surface area contributed by atoms with Gasteiger partial charge in [-0.1, -0.05) is 28.1 Å². The highest BCUT2D eigenvalue weighted by Gasteiger charge is 2.44. The summed E-state index contributed by atoms with van der Waals surface area (Å²) in [5.41, 5.74) is 0.649. The van der Waals surface area contributed by atoms with Crippen molar-refractivity contribution in [3.63, 3.8) is 0 Å². The van der Waals surface area contributed by atoms with E-state index in [9.17, 15) is 20.1 Å². The van der Waals surface area contributed by atoms with Crippen molar-refractivity contribution in [3.8, 4) is 0 Å². The minimum atomic E-state index is -1.39. The van der Waals surface area contributed by atoms with E-state index in [0.29, 0.717) is 5.56 Å². The van der Waals surface area contributed by atoms with E-state index in [1.165, 1.54) is 6.92 Å². The Balaban J connectivity index is 2.18. The molecule has 0 aliphatic carbocycles. The Labute approximate surface area is 130 Å². The third-order valence-corrected chi connectivity index (χ3v) is 3.83. The zero-order chi connectivity index (χ0) is 15.6. The molecule has 1 fully saturated rings. The van der Waals surface area contributed by atoms with Gasteiger partial charge in [0.15, 0.2) is 0 Å². The van der Waals surface area contributed by atoms with E-state index >= 15 is 0 Å². The SMILES string of the molecule is CC(=O)OCC1OC(c2cccc(Br)c2)C(O)C(O)C1O. The van der Waals surface area contributed by atoms with Crippen molar-refractivity contribution in [3.05, 3.63) is 34.3 Å². The summed E-state index contributed by atoms with van der Waals surface area (Å²) < 4.78 is 11.2. The average molecular weight is 361 g/mol. The molecular weight excluding hydrogens is 344 g/mol. The maximum absolute atomic E-state index is 10.9. The zero-order valence-corrected chi connectivity index (χ0v) is 12.9. The Morgan fingerprint density at radius 2 is 2.00 bits per heavy atom. The molecule has 0 aromatic heterocycles. The molecule has 0 radical (unpaired) electrons. The minimum absolute atomic E-state index is 0.190. The largest absolute Gasteiger partial charge is 0.463 e. The Bertz CT molecular complexity index is 508. The second-order valence-electron chi connectivity index (χ2n) is 4.92. The van der Waals surface area contributed by atoms with Crippen LogP contribution in [0.1, 0.15) is 18.6 Å². The van der Waals surface area contributed by atoms with E-state index in [1.807, 2.05) is 6.07 Å². The van der Waals surface area contributed by atoms with Gasteiger partial charge in [-0.25, -0.2) is 0 Å². The van der Waals surface area contributed by atoms with Crippen molar-refractivity contribution in [2.45, 2.75) is 37.4 Å². The van der Waals surface area contributed by atoms with Crippen LogP contribution < -0.4 is 0 Å². The summed E-state index contributed by atoms with van der Waals surface area (Å²) in [6.07, 6.45) is -5.72. The molecule has 1 aliphatic heterocycles. The molecule has 116 valence electrons. The summed E-state index contributed by atoms with van der Waals surface area (Å²) in [6, 6.07) is 7.08. The predicted molar refractivity (Wildman–Crippen MR) is 76.4 cm³/mol. The van der Waals surface area contributed by atoms with Gasteiger partial charge in [0.2, 0.25) is 0 Å². The first-order valence-corrected chi connectivity index (χ1v) is 7.28. The maximum atomic E-state index is 10.9. The van der Waals surface area contributed by atoms with Gasteiger partial charge in [0.1, 0.15) is 37.1 Å². The number of hydrogen-bond acceptors (Lipinski definition) is 6. The molecule has 1 aliphatic rings. The summed E-state index contributed by atoms with van der Waals surface area (Å²) in [5.74, 6) is -0.509. The Morgan fingerprint density at radius 1 is 1.29 bits per heavy atom. The normalized spacial score (nSPS) is 32.7. The lowest BCUT2D eigenvalue weighted by atomic mass is 9.91. The van der Waals surface area contributed by atoms with Crippen LogP contribution in [-0.2, 0) is 14.3 Å². The standard InChI is InChI=1S/C14H17BrO6/c1-7(16)20-6-10-11(17)12(18)13(19)14(21-10)8-3-2-4-9(15)5-8/h2-5,10-14,17-19H,6H2,1H3. The quantitative estimate of drug-likeness (QED) is 0.680. The second kappa shape index (κ2) is 6.85. The first-order chi connectivity index (χ1) is 9.90. The molecule has 0 saturated carbocycles. The average Bonchev–Trinajstić information content (AvgIpc) is 2.44. The number of carbonyl (C=O) groups is 1. The van der Waals surface area contributed by atoms with Gasteiger partial charge in [0.25, 0.3) is 0 Å². The van der Waals surface area contributed by atoms with Gasteiger partial charge in [-0.3, -0.25) is 4.79 Å². The summed E-state index contributed by atoms with van der Waals surface area (Å²) in [7, 11) is 0. The lowest BCUT2D eigenvalue weighted by molar-refractivity contribution is -0.234. The van der Waals surface area contributed by atoms with Crippen LogP contribution >= 0.6 is 15.9 Å². The van der Waals surface area contributed by atoms with Gasteiger partial charge in [-0.15, -0.1) is 0 Å². The Hall–Kier alpha value is -0.990. The van der Waals surface area contributed by atoms with E-state index in [2.05, 4.69) is 15.9 Å². The Kier molecular flexibility index (Phi) is 5.34. The molecule has 3 N–H and O–H groups in total. The van der Waals surface area contributed by atoms with Crippen LogP contribution in [-0.4, -0.2) is 52.3 Å². The summed E-state index contributed by atoms with van der Waals surface area (Å²) in [4.78, 5) is 10.9. The smallest absolute Gasteiger partial charge is 0.302 e. The van der Waals surface area contributed by atoms with Crippen LogP contribution in [0.15, 0.2) is 28.7 Å². The molecule has 0 spiro atoms. The predicted octanol–water partition coefficient (Wildman–Crippen LogP) is 0.535. The number of aliphatic hydroxyl groups is 3. The van der Waals surface area contributed by atoms with Gasteiger partial charge in [-0.05, 0) is 17.7 Å². The van der Waals surface area contributed by atoms with E-state index in [1.54, 1.807) is 18.2 Å². The summed E-state index contributed by atoms with van der Waals surface area (Å²) in [6.45, 7) is 1.05. The lowest BCUT2D eigenvalue weighted by Crippen LogP contribution is -2.55. The molecule has 0 bridgehead atoms. The van der Waals surface area contributed by atoms with Crippen molar-refractivity contribution in [2.75, 3.05) is 6.61 Å². The molecule has 1 aromatic carbocycles. The first kappa shape index (κ1) is 16.4. The van der Waals surface area contributed by atoms with E-state index in [0.717, 1.165) is 4.47 Å². The summed E-state index contributed by atoms with van der Waals surface area (Å²) in [5, 5.41) is 29.9. The van der Waals surface area contributed by atoms with Crippen LogP contribution in [0, 0.1) is 0 Å². The highest BCUT2D eigenvalue weighted by atomic mass is 79.9. The fourth-order valence-corrected chi connectivity index (χ4v) is 2.66. The minimum Gasteiger partial charge on any atom is -0.463 e. The number of benzene rings is 1. The molecule has 5 unspecified atom stereocenters. The zero-order valence-electron chi connectivity index (χ0n) is 11.3. The maximum Gasteiger partial charge on any atom is 0.302 e. The van der Waals surface area contributed by atoms with Crippen molar-refractivity contribution >= 4 is 21.9 Å². The van der Waals surface area contributed by atoms with Crippen molar-refractivity contribution < 1.29 is 29.6 Å². The van der Waals surface area contributed by atoms with E-state index in [4.69, 9.17) is 9.47 Å². The number of rotatable bonds is 3. The third kappa shape index (κ3) is 3.81. The fraction of sp³-hybridized carbons (Fsp3) is 0.500. The second-order valence-corrected chi connectivity index (χ2v) is 5.84. The van der Waals surface area contributed by atoms with E-state index in [-0.39, 0.29) is 6.61 Å². The van der Waals surface area contributed by atoms with Crippen LogP contribution in [0.2, 0.25) is 0 Å². The molecule has 6 nitrogen and oxygen atoms in total. The van der Waals surface area contributed by atoms with Gasteiger partial charge in [0, 0.05) is 11.4 Å². The van der Waals surface area contributed by atoms with Crippen molar-refractivity contribution in [1.82, 2.24) is 0 Å². The molecule has 5 atom stereocenters. The topological polar surface area (TPSA) is 96.2 Å². The lowest BCUT2D eigenvalue weighted by Gasteiger charge is -2.40. The number of esters is 1. The van der Waals surface area contributed by atoms with Gasteiger partial charge in [0.05, 0.1) is 0 Å². The van der Waals surface area contributed by atoms with E-state index < -0.39 is 36.5 Å². The number of carbonyl (C=O) groups excluding carboxylic acids is 1. The van der Waals surface area contributed by atoms with Crippen molar-refractivity contribution in [1.29, 1.82) is 0 Å². The molecule has 2 rings (SSSR count). The summed E-state index contributed by atoms with van der Waals surface area (Å²) >= 11 is 3.32. The van der Waals surface area contributed by atoms with Crippen LogP contribution in [0.25, 0.3) is 0 Å². The first-order valence-electron chi connectivity index (χ1n) is 6.48. The molecule has 7 heteroatoms. The molecule has 1 aromatic rings. The molecule has 1 heterocycles. The monoisotopic (exact) mass is 360 g/mol. The van der Waals surface area contributed by atoms with Crippen LogP contribution in [0.5, 0.6) is 0 Å². The van der Waals surface area contributed by atoms with Crippen LogP contribution in [0.4, 0.5) is 0 Å². The molecule has 0 amide bonds. The van der Waals surface area contributed by atoms with Crippen LogP contribution in [0.3, 0.4) is 0 Å². The number of halogens is 1.